The molecule has 2 aliphatic heterocycles. The third kappa shape index (κ3) is 8.64. The fraction of sp³-hybridized carbons (Fsp3) is 0.731. The number of pyridine rings is 1. The molecule has 0 atom stereocenters. The molecular formula is C26H44N6O2. The van der Waals surface area contributed by atoms with Crippen molar-refractivity contribution in [2.75, 3.05) is 65.4 Å². The molecule has 0 radical (unpaired) electrons. The molecule has 1 fully saturated rings. The number of rotatable bonds is 8. The second-order valence-corrected chi connectivity index (χ2v) is 9.61. The van der Waals surface area contributed by atoms with Gasteiger partial charge in [0.25, 0.3) is 0 Å². The molecule has 1 aromatic heterocycles. The molecule has 1 aromatic rings. The summed E-state index contributed by atoms with van der Waals surface area (Å²) in [6, 6.07) is 6.13. The number of fused-ring (bicyclic) bond motifs is 2. The Hall–Kier alpha value is -2.03. The summed E-state index contributed by atoms with van der Waals surface area (Å²) in [5, 5.41) is 3.52. The van der Waals surface area contributed by atoms with Crippen molar-refractivity contribution in [1.29, 1.82) is 0 Å². The molecule has 1 saturated heterocycles. The molecule has 2 aliphatic rings. The maximum absolute atomic E-state index is 13.0. The Bertz CT molecular complexity index is 761. The topological polar surface area (TPSA) is 72.0 Å². The van der Waals surface area contributed by atoms with Gasteiger partial charge in [-0.15, -0.1) is 0 Å². The molecule has 2 bridgehead atoms. The molecular weight excluding hydrogens is 428 g/mol. The summed E-state index contributed by atoms with van der Waals surface area (Å²) in [6.07, 6.45) is 5.42. The van der Waals surface area contributed by atoms with Gasteiger partial charge in [-0.05, 0) is 44.2 Å². The molecule has 190 valence electrons. The standard InChI is InChI=1S/C26H44N6O2/c1-3-13-31(14-4-2)25(33)21-29-17-11-27-12-18-30(20-24-10-8-9-23(19-29)28-24)22-26(34)32-15-6-5-7-16-32/h8-10,27H,3-7,11-22H2,1-2H3. The first-order valence-corrected chi connectivity index (χ1v) is 13.2. The molecule has 0 spiro atoms. The number of hydrogen-bond acceptors (Lipinski definition) is 6. The van der Waals surface area contributed by atoms with Crippen LogP contribution in [0.5, 0.6) is 0 Å². The highest BCUT2D eigenvalue weighted by Gasteiger charge is 2.21. The van der Waals surface area contributed by atoms with E-state index in [4.69, 9.17) is 4.98 Å². The number of nitrogens with one attached hydrogen (secondary N) is 1. The maximum Gasteiger partial charge on any atom is 0.236 e. The highest BCUT2D eigenvalue weighted by Crippen LogP contribution is 2.12. The van der Waals surface area contributed by atoms with E-state index in [0.717, 1.165) is 89.4 Å². The number of aromatic nitrogens is 1. The quantitative estimate of drug-likeness (QED) is 0.624. The smallest absolute Gasteiger partial charge is 0.236 e. The van der Waals surface area contributed by atoms with E-state index in [0.29, 0.717) is 26.2 Å². The van der Waals surface area contributed by atoms with Crippen LogP contribution in [0, 0.1) is 0 Å². The average Bonchev–Trinajstić information content (AvgIpc) is 2.83. The average molecular weight is 473 g/mol. The van der Waals surface area contributed by atoms with E-state index < -0.39 is 0 Å². The minimum Gasteiger partial charge on any atom is -0.342 e. The lowest BCUT2D eigenvalue weighted by atomic mass is 10.1. The van der Waals surface area contributed by atoms with Crippen molar-refractivity contribution in [2.45, 2.75) is 59.0 Å². The van der Waals surface area contributed by atoms with Crippen LogP contribution in [0.15, 0.2) is 18.2 Å². The molecule has 2 amide bonds. The van der Waals surface area contributed by atoms with Gasteiger partial charge < -0.3 is 15.1 Å². The lowest BCUT2D eigenvalue weighted by Gasteiger charge is -2.30. The van der Waals surface area contributed by atoms with Crippen LogP contribution in [0.25, 0.3) is 0 Å². The van der Waals surface area contributed by atoms with E-state index in [1.807, 2.05) is 28.0 Å². The number of hydrogen-bond donors (Lipinski definition) is 1. The Kier molecular flexibility index (Phi) is 11.2. The second kappa shape index (κ2) is 14.4. The molecule has 0 saturated carbocycles. The van der Waals surface area contributed by atoms with Gasteiger partial charge in [-0.2, -0.15) is 0 Å². The number of amides is 2. The fourth-order valence-corrected chi connectivity index (χ4v) is 4.82. The predicted molar refractivity (Wildman–Crippen MR) is 135 cm³/mol. The number of nitrogens with zero attached hydrogens (tertiary/aromatic N) is 5. The van der Waals surface area contributed by atoms with Crippen LogP contribution in [0.3, 0.4) is 0 Å². The highest BCUT2D eigenvalue weighted by atomic mass is 16.2. The highest BCUT2D eigenvalue weighted by molar-refractivity contribution is 5.78. The van der Waals surface area contributed by atoms with E-state index in [1.165, 1.54) is 6.42 Å². The zero-order valence-electron chi connectivity index (χ0n) is 21.3. The Labute approximate surface area is 205 Å². The summed E-state index contributed by atoms with van der Waals surface area (Å²) in [7, 11) is 0. The first-order chi connectivity index (χ1) is 16.6. The van der Waals surface area contributed by atoms with Crippen LogP contribution in [0.4, 0.5) is 0 Å². The SMILES string of the molecule is CCCN(CCC)C(=O)CN1CCNCCN(CC(=O)N2CCCCC2)Cc2cccc(n2)C1. The molecule has 8 heteroatoms. The lowest BCUT2D eigenvalue weighted by molar-refractivity contribution is -0.133. The van der Waals surface area contributed by atoms with Gasteiger partial charge >= 0.3 is 0 Å². The van der Waals surface area contributed by atoms with Crippen LogP contribution in [0.2, 0.25) is 0 Å². The van der Waals surface area contributed by atoms with E-state index in [-0.39, 0.29) is 11.8 Å². The Morgan fingerprint density at radius 1 is 0.882 bits per heavy atom. The van der Waals surface area contributed by atoms with Crippen LogP contribution in [0.1, 0.15) is 57.3 Å². The zero-order chi connectivity index (χ0) is 24.2. The van der Waals surface area contributed by atoms with Gasteiger partial charge in [0.05, 0.1) is 24.5 Å². The molecule has 3 heterocycles. The summed E-state index contributed by atoms with van der Waals surface area (Å²) in [4.78, 5) is 39.2. The van der Waals surface area contributed by atoms with Gasteiger partial charge in [0.1, 0.15) is 0 Å². The van der Waals surface area contributed by atoms with E-state index >= 15 is 0 Å². The maximum atomic E-state index is 13.0. The third-order valence-electron chi connectivity index (χ3n) is 6.61. The third-order valence-corrected chi connectivity index (χ3v) is 6.61. The van der Waals surface area contributed by atoms with Crippen LogP contribution in [-0.4, -0.2) is 102 Å². The van der Waals surface area contributed by atoms with Gasteiger partial charge in [-0.3, -0.25) is 24.4 Å². The Morgan fingerprint density at radius 2 is 1.47 bits per heavy atom. The molecule has 0 unspecified atom stereocenters. The van der Waals surface area contributed by atoms with Crippen LogP contribution >= 0.6 is 0 Å². The minimum absolute atomic E-state index is 0.203. The summed E-state index contributed by atoms with van der Waals surface area (Å²) in [6.45, 7) is 13.0. The Balaban J connectivity index is 1.65. The van der Waals surface area contributed by atoms with E-state index in [2.05, 4.69) is 29.0 Å². The molecule has 34 heavy (non-hydrogen) atoms. The van der Waals surface area contributed by atoms with Gasteiger partial charge in [-0.25, -0.2) is 0 Å². The van der Waals surface area contributed by atoms with Crippen molar-refractivity contribution in [3.63, 3.8) is 0 Å². The molecule has 3 rings (SSSR count). The predicted octanol–water partition coefficient (Wildman–Crippen LogP) is 1.95. The summed E-state index contributed by atoms with van der Waals surface area (Å²) in [5.74, 6) is 0.436. The van der Waals surface area contributed by atoms with Gasteiger partial charge in [-0.1, -0.05) is 19.9 Å². The van der Waals surface area contributed by atoms with Crippen molar-refractivity contribution < 1.29 is 9.59 Å². The first kappa shape index (κ1) is 26.6. The zero-order valence-corrected chi connectivity index (χ0v) is 21.3. The lowest BCUT2D eigenvalue weighted by Crippen LogP contribution is -2.45. The Morgan fingerprint density at radius 3 is 2.06 bits per heavy atom. The summed E-state index contributed by atoms with van der Waals surface area (Å²) < 4.78 is 0. The molecule has 8 nitrogen and oxygen atoms in total. The summed E-state index contributed by atoms with van der Waals surface area (Å²) >= 11 is 0. The fourth-order valence-electron chi connectivity index (χ4n) is 4.82. The van der Waals surface area contributed by atoms with Crippen molar-refractivity contribution >= 4 is 11.8 Å². The number of likely N-dealkylation sites (tertiary alicyclic amines) is 1. The molecule has 0 aromatic carbocycles. The van der Waals surface area contributed by atoms with E-state index in [1.54, 1.807) is 0 Å². The monoisotopic (exact) mass is 472 g/mol. The number of piperidine rings is 1. The minimum atomic E-state index is 0.203. The van der Waals surface area contributed by atoms with Gasteiger partial charge in [0.15, 0.2) is 0 Å². The van der Waals surface area contributed by atoms with Crippen molar-refractivity contribution in [3.8, 4) is 0 Å². The van der Waals surface area contributed by atoms with Gasteiger partial charge in [0.2, 0.25) is 11.8 Å². The molecule has 1 N–H and O–H groups in total. The first-order valence-electron chi connectivity index (χ1n) is 13.2. The normalized spacial score (nSPS) is 18.7. The largest absolute Gasteiger partial charge is 0.342 e. The second-order valence-electron chi connectivity index (χ2n) is 9.61. The van der Waals surface area contributed by atoms with Crippen LogP contribution in [-0.2, 0) is 22.7 Å². The van der Waals surface area contributed by atoms with Gasteiger partial charge in [0, 0.05) is 65.4 Å². The number of carbonyl (C=O) groups is 2. The summed E-state index contributed by atoms with van der Waals surface area (Å²) in [5.41, 5.74) is 1.96. The van der Waals surface area contributed by atoms with E-state index in [9.17, 15) is 9.59 Å². The number of carbonyl (C=O) groups excluding carboxylic acids is 2. The van der Waals surface area contributed by atoms with Crippen LogP contribution < -0.4 is 5.32 Å². The van der Waals surface area contributed by atoms with Crippen molar-refractivity contribution in [2.24, 2.45) is 0 Å². The van der Waals surface area contributed by atoms with Crippen molar-refractivity contribution in [3.05, 3.63) is 29.6 Å². The molecule has 0 aliphatic carbocycles. The van der Waals surface area contributed by atoms with Crippen molar-refractivity contribution in [1.82, 2.24) is 29.9 Å².